The van der Waals surface area contributed by atoms with E-state index in [2.05, 4.69) is 0 Å². The van der Waals surface area contributed by atoms with Gasteiger partial charge in [0.15, 0.2) is 0 Å². The fraction of sp³-hybridized carbons (Fsp3) is 0.923. The molecule has 8 heteroatoms. The van der Waals surface area contributed by atoms with E-state index < -0.39 is 16.1 Å². The summed E-state index contributed by atoms with van der Waals surface area (Å²) in [6.45, 7) is 1.33. The molecule has 0 bridgehead atoms. The third kappa shape index (κ3) is 2.76. The quantitative estimate of drug-likeness (QED) is 0.828. The van der Waals surface area contributed by atoms with Crippen LogP contribution in [0.25, 0.3) is 0 Å². The number of likely N-dealkylation sites (tertiary alicyclic amines) is 1. The summed E-state index contributed by atoms with van der Waals surface area (Å²) in [5.74, 6) is 0. The molecule has 3 fully saturated rings. The monoisotopic (exact) mass is 318 g/mol. The number of likely N-dealkylation sites (N-methyl/N-ethyl adjacent to an activating group) is 1. The SMILES string of the molecule is CN([C@@H]1COC2(CCN(C(=O)O)CC2)C1)S(=O)(=O)C1CC1. The lowest BCUT2D eigenvalue weighted by atomic mass is 9.87. The second-order valence-corrected chi connectivity index (χ2v) is 8.65. The van der Waals surface area contributed by atoms with Crippen molar-refractivity contribution in [1.82, 2.24) is 9.21 Å². The molecule has 2 aliphatic heterocycles. The van der Waals surface area contributed by atoms with Gasteiger partial charge in [0.1, 0.15) is 0 Å². The van der Waals surface area contributed by atoms with E-state index in [4.69, 9.17) is 9.84 Å². The Morgan fingerprint density at radius 1 is 1.33 bits per heavy atom. The fourth-order valence-corrected chi connectivity index (χ4v) is 5.07. The van der Waals surface area contributed by atoms with Crippen LogP contribution in [-0.4, -0.2) is 72.5 Å². The summed E-state index contributed by atoms with van der Waals surface area (Å²) in [6, 6.07) is -0.119. The molecule has 2 saturated heterocycles. The first kappa shape index (κ1) is 15.1. The minimum Gasteiger partial charge on any atom is -0.465 e. The third-order valence-corrected chi connectivity index (χ3v) is 7.41. The minimum atomic E-state index is -3.18. The van der Waals surface area contributed by atoms with Gasteiger partial charge in [0.25, 0.3) is 0 Å². The van der Waals surface area contributed by atoms with E-state index in [1.165, 1.54) is 9.21 Å². The Morgan fingerprint density at radius 2 is 1.95 bits per heavy atom. The Hall–Kier alpha value is -0.860. The minimum absolute atomic E-state index is 0.119. The number of nitrogens with zero attached hydrogens (tertiary/aromatic N) is 2. The van der Waals surface area contributed by atoms with Crippen LogP contribution in [0.2, 0.25) is 0 Å². The van der Waals surface area contributed by atoms with Crippen LogP contribution in [0.15, 0.2) is 0 Å². The summed E-state index contributed by atoms with van der Waals surface area (Å²) in [6.07, 6.45) is 2.59. The van der Waals surface area contributed by atoms with Crippen molar-refractivity contribution < 1.29 is 23.1 Å². The van der Waals surface area contributed by atoms with E-state index in [9.17, 15) is 13.2 Å². The number of rotatable bonds is 3. The van der Waals surface area contributed by atoms with E-state index in [0.717, 1.165) is 12.8 Å². The molecule has 1 atom stereocenters. The Balaban J connectivity index is 1.62. The predicted molar refractivity (Wildman–Crippen MR) is 75.6 cm³/mol. The van der Waals surface area contributed by atoms with Crippen molar-refractivity contribution in [2.45, 2.75) is 49.0 Å². The van der Waals surface area contributed by atoms with Crippen molar-refractivity contribution in [2.75, 3.05) is 26.7 Å². The number of carboxylic acid groups (broad SMARTS) is 1. The van der Waals surface area contributed by atoms with E-state index in [-0.39, 0.29) is 16.9 Å². The molecule has 0 aromatic heterocycles. The van der Waals surface area contributed by atoms with Crippen LogP contribution in [0.3, 0.4) is 0 Å². The molecular weight excluding hydrogens is 296 g/mol. The molecule has 1 N–H and O–H groups in total. The van der Waals surface area contributed by atoms with Gasteiger partial charge in [-0.3, -0.25) is 0 Å². The average Bonchev–Trinajstić information content (AvgIpc) is 3.23. The normalized spacial score (nSPS) is 29.2. The summed E-state index contributed by atoms with van der Waals surface area (Å²) in [5.41, 5.74) is -0.343. The van der Waals surface area contributed by atoms with Gasteiger partial charge in [-0.2, -0.15) is 4.31 Å². The van der Waals surface area contributed by atoms with Gasteiger partial charge in [-0.15, -0.1) is 0 Å². The maximum atomic E-state index is 12.3. The number of sulfonamides is 1. The second kappa shape index (κ2) is 5.10. The summed E-state index contributed by atoms with van der Waals surface area (Å²) in [5, 5.41) is 8.78. The predicted octanol–water partition coefficient (Wildman–Crippen LogP) is 0.712. The Bertz CT molecular complexity index is 523. The van der Waals surface area contributed by atoms with E-state index in [1.54, 1.807) is 7.05 Å². The van der Waals surface area contributed by atoms with Gasteiger partial charge in [-0.05, 0) is 32.1 Å². The molecule has 1 spiro atoms. The van der Waals surface area contributed by atoms with E-state index in [0.29, 0.717) is 39.0 Å². The highest BCUT2D eigenvalue weighted by atomic mass is 32.2. The number of carbonyl (C=O) groups is 1. The number of hydrogen-bond acceptors (Lipinski definition) is 4. The molecule has 7 nitrogen and oxygen atoms in total. The summed E-state index contributed by atoms with van der Waals surface area (Å²) in [4.78, 5) is 12.3. The summed E-state index contributed by atoms with van der Waals surface area (Å²) >= 11 is 0. The highest BCUT2D eigenvalue weighted by molar-refractivity contribution is 7.90. The van der Waals surface area contributed by atoms with Gasteiger partial charge in [0.05, 0.1) is 23.5 Å². The maximum Gasteiger partial charge on any atom is 0.407 e. The first-order valence-corrected chi connectivity index (χ1v) is 8.93. The maximum absolute atomic E-state index is 12.3. The zero-order chi connectivity index (χ0) is 15.3. The van der Waals surface area contributed by atoms with Gasteiger partial charge < -0.3 is 14.7 Å². The van der Waals surface area contributed by atoms with Crippen LogP contribution in [0.4, 0.5) is 4.79 Å². The molecule has 1 amide bonds. The molecule has 0 aromatic carbocycles. The van der Waals surface area contributed by atoms with Crippen molar-refractivity contribution in [3.63, 3.8) is 0 Å². The number of amides is 1. The van der Waals surface area contributed by atoms with Crippen molar-refractivity contribution in [1.29, 1.82) is 0 Å². The molecule has 0 unspecified atom stereocenters. The highest BCUT2D eigenvalue weighted by Gasteiger charge is 2.48. The van der Waals surface area contributed by atoms with E-state index >= 15 is 0 Å². The first-order chi connectivity index (χ1) is 9.84. The number of hydrogen-bond donors (Lipinski definition) is 1. The lowest BCUT2D eigenvalue weighted by molar-refractivity contribution is -0.0396. The molecule has 21 heavy (non-hydrogen) atoms. The molecule has 1 aliphatic carbocycles. The molecule has 120 valence electrons. The standard InChI is InChI=1S/C13H22N2O5S/c1-14(21(18,19)11-2-3-11)10-8-13(20-9-10)4-6-15(7-5-13)12(16)17/h10-11H,2-9H2,1H3,(H,16,17)/t10-/m0/s1. The van der Waals surface area contributed by atoms with Crippen molar-refractivity contribution in [3.8, 4) is 0 Å². The van der Waals surface area contributed by atoms with Crippen molar-refractivity contribution in [2.24, 2.45) is 0 Å². The molecule has 0 radical (unpaired) electrons. The molecule has 1 saturated carbocycles. The zero-order valence-electron chi connectivity index (χ0n) is 12.2. The van der Waals surface area contributed by atoms with Crippen LogP contribution in [-0.2, 0) is 14.8 Å². The summed E-state index contributed by atoms with van der Waals surface area (Å²) in [7, 11) is -1.53. The van der Waals surface area contributed by atoms with Gasteiger partial charge in [0.2, 0.25) is 10.0 Å². The van der Waals surface area contributed by atoms with Crippen LogP contribution < -0.4 is 0 Å². The largest absolute Gasteiger partial charge is 0.465 e. The van der Waals surface area contributed by atoms with Gasteiger partial charge >= 0.3 is 6.09 Å². The van der Waals surface area contributed by atoms with Gasteiger partial charge in [-0.1, -0.05) is 0 Å². The van der Waals surface area contributed by atoms with E-state index in [1.807, 2.05) is 0 Å². The summed E-state index contributed by atoms with van der Waals surface area (Å²) < 4.78 is 32.0. The third-order valence-electron chi connectivity index (χ3n) is 5.00. The number of piperidine rings is 1. The average molecular weight is 318 g/mol. The lowest BCUT2D eigenvalue weighted by Gasteiger charge is -2.37. The van der Waals surface area contributed by atoms with Crippen LogP contribution in [0, 0.1) is 0 Å². The zero-order valence-corrected chi connectivity index (χ0v) is 13.0. The van der Waals surface area contributed by atoms with Crippen LogP contribution in [0.1, 0.15) is 32.1 Å². The fourth-order valence-electron chi connectivity index (χ4n) is 3.32. The molecule has 2 heterocycles. The Morgan fingerprint density at radius 3 is 2.48 bits per heavy atom. The highest BCUT2D eigenvalue weighted by Crippen LogP contribution is 2.40. The lowest BCUT2D eigenvalue weighted by Crippen LogP contribution is -2.47. The topological polar surface area (TPSA) is 87.2 Å². The molecular formula is C13H22N2O5S. The Kier molecular flexibility index (Phi) is 3.66. The van der Waals surface area contributed by atoms with Gasteiger partial charge in [-0.25, -0.2) is 13.2 Å². The van der Waals surface area contributed by atoms with Gasteiger partial charge in [0, 0.05) is 20.1 Å². The first-order valence-electron chi connectivity index (χ1n) is 7.43. The van der Waals surface area contributed by atoms with Crippen LogP contribution >= 0.6 is 0 Å². The van der Waals surface area contributed by atoms with Crippen molar-refractivity contribution in [3.05, 3.63) is 0 Å². The Labute approximate surface area is 124 Å². The van der Waals surface area contributed by atoms with Crippen LogP contribution in [0.5, 0.6) is 0 Å². The van der Waals surface area contributed by atoms with Crippen molar-refractivity contribution >= 4 is 16.1 Å². The molecule has 3 aliphatic rings. The molecule has 0 aromatic rings. The number of ether oxygens (including phenoxy) is 1. The molecule has 3 rings (SSSR count). The smallest absolute Gasteiger partial charge is 0.407 e. The second-order valence-electron chi connectivity index (χ2n) is 6.38.